The molecule has 0 spiro atoms. The first kappa shape index (κ1) is 14.6. The molecule has 3 rings (SSSR count). The van der Waals surface area contributed by atoms with Crippen molar-refractivity contribution >= 4 is 6.03 Å². The van der Waals surface area contributed by atoms with E-state index in [9.17, 15) is 4.79 Å². The molecule has 1 saturated heterocycles. The van der Waals surface area contributed by atoms with Gasteiger partial charge in [0.2, 0.25) is 5.89 Å². The van der Waals surface area contributed by atoms with Crippen molar-refractivity contribution in [2.75, 3.05) is 6.54 Å². The predicted molar refractivity (Wildman–Crippen MR) is 80.1 cm³/mol. The summed E-state index contributed by atoms with van der Waals surface area (Å²) in [6.07, 6.45) is 6.46. The molecule has 2 aromatic rings. The number of piperidine rings is 1. The highest BCUT2D eigenvalue weighted by Gasteiger charge is 2.30. The number of nitrogens with zero attached hydrogens (tertiary/aromatic N) is 3. The maximum absolute atomic E-state index is 12.6. The van der Waals surface area contributed by atoms with Crippen LogP contribution in [0.3, 0.4) is 0 Å². The Morgan fingerprint density at radius 2 is 2.41 bits per heavy atom. The maximum atomic E-state index is 12.6. The molecule has 7 heteroatoms. The molecule has 3 heterocycles. The zero-order chi connectivity index (χ0) is 15.5. The third-order valence-corrected chi connectivity index (χ3v) is 3.99. The van der Waals surface area contributed by atoms with Crippen molar-refractivity contribution in [3.63, 3.8) is 0 Å². The standard InChI is InChI=1S/C15H21N5O2/c1-10-9-16-14(22-10)11(2)18-15(21)20-8-4-3-5-13(20)12-6-7-17-19-12/h6-7,9,11,13H,3-5,8H2,1-2H3,(H,17,19)(H,18,21). The molecule has 2 N–H and O–H groups in total. The summed E-state index contributed by atoms with van der Waals surface area (Å²) in [5, 5.41) is 9.94. The fourth-order valence-corrected chi connectivity index (χ4v) is 2.85. The van der Waals surface area contributed by atoms with Crippen LogP contribution in [0.4, 0.5) is 4.79 Å². The normalized spacial score (nSPS) is 19.9. The third kappa shape index (κ3) is 2.98. The number of aryl methyl sites for hydroxylation is 1. The molecule has 2 unspecified atom stereocenters. The molecular weight excluding hydrogens is 282 g/mol. The van der Waals surface area contributed by atoms with Gasteiger partial charge in [-0.1, -0.05) is 0 Å². The Morgan fingerprint density at radius 1 is 1.55 bits per heavy atom. The van der Waals surface area contributed by atoms with Gasteiger partial charge < -0.3 is 14.6 Å². The van der Waals surface area contributed by atoms with Crippen LogP contribution in [-0.4, -0.2) is 32.7 Å². The molecular formula is C15H21N5O2. The lowest BCUT2D eigenvalue weighted by atomic mass is 10.00. The van der Waals surface area contributed by atoms with E-state index in [1.165, 1.54) is 0 Å². The zero-order valence-corrected chi connectivity index (χ0v) is 12.9. The molecule has 0 saturated carbocycles. The lowest BCUT2D eigenvalue weighted by molar-refractivity contribution is 0.145. The van der Waals surface area contributed by atoms with E-state index in [1.54, 1.807) is 12.4 Å². The fourth-order valence-electron chi connectivity index (χ4n) is 2.85. The highest BCUT2D eigenvalue weighted by Crippen LogP contribution is 2.29. The van der Waals surface area contributed by atoms with Crippen molar-refractivity contribution in [3.05, 3.63) is 35.8 Å². The van der Waals surface area contributed by atoms with Crippen LogP contribution in [-0.2, 0) is 0 Å². The Hall–Kier alpha value is -2.31. The number of oxazole rings is 1. The first-order chi connectivity index (χ1) is 10.6. The minimum Gasteiger partial charge on any atom is -0.444 e. The summed E-state index contributed by atoms with van der Waals surface area (Å²) in [5.74, 6) is 1.27. The van der Waals surface area contributed by atoms with Crippen LogP contribution in [0.15, 0.2) is 22.9 Å². The molecule has 1 fully saturated rings. The van der Waals surface area contributed by atoms with E-state index in [0.717, 1.165) is 37.3 Å². The summed E-state index contributed by atoms with van der Waals surface area (Å²) in [7, 11) is 0. The molecule has 0 radical (unpaired) electrons. The molecule has 0 aliphatic carbocycles. The van der Waals surface area contributed by atoms with Crippen LogP contribution in [0.5, 0.6) is 0 Å². The van der Waals surface area contributed by atoms with Crippen molar-refractivity contribution < 1.29 is 9.21 Å². The lowest BCUT2D eigenvalue weighted by Crippen LogP contribution is -2.45. The Morgan fingerprint density at radius 3 is 3.09 bits per heavy atom. The van der Waals surface area contributed by atoms with Crippen LogP contribution in [0.2, 0.25) is 0 Å². The Balaban J connectivity index is 1.69. The number of amides is 2. The number of aromatic amines is 1. The first-order valence-corrected chi connectivity index (χ1v) is 7.64. The molecule has 2 atom stereocenters. The second-order valence-corrected chi connectivity index (χ2v) is 5.70. The number of urea groups is 1. The van der Waals surface area contributed by atoms with E-state index in [2.05, 4.69) is 20.5 Å². The smallest absolute Gasteiger partial charge is 0.318 e. The van der Waals surface area contributed by atoms with Crippen molar-refractivity contribution in [2.24, 2.45) is 0 Å². The van der Waals surface area contributed by atoms with Crippen LogP contribution in [0, 0.1) is 6.92 Å². The highest BCUT2D eigenvalue weighted by atomic mass is 16.4. The monoisotopic (exact) mass is 303 g/mol. The van der Waals surface area contributed by atoms with Gasteiger partial charge in [0.1, 0.15) is 11.8 Å². The van der Waals surface area contributed by atoms with Crippen molar-refractivity contribution in [3.8, 4) is 0 Å². The molecule has 2 aromatic heterocycles. The van der Waals surface area contributed by atoms with Gasteiger partial charge in [0.05, 0.1) is 17.9 Å². The number of carbonyl (C=O) groups is 1. The fraction of sp³-hybridized carbons (Fsp3) is 0.533. The van der Waals surface area contributed by atoms with Crippen LogP contribution >= 0.6 is 0 Å². The molecule has 0 bridgehead atoms. The first-order valence-electron chi connectivity index (χ1n) is 7.64. The topological polar surface area (TPSA) is 87.0 Å². The largest absolute Gasteiger partial charge is 0.444 e. The molecule has 22 heavy (non-hydrogen) atoms. The number of rotatable bonds is 3. The number of nitrogens with one attached hydrogen (secondary N) is 2. The van der Waals surface area contributed by atoms with Gasteiger partial charge in [-0.15, -0.1) is 0 Å². The van der Waals surface area contributed by atoms with Gasteiger partial charge in [-0.2, -0.15) is 5.10 Å². The van der Waals surface area contributed by atoms with Crippen LogP contribution in [0.1, 0.15) is 55.6 Å². The van der Waals surface area contributed by atoms with E-state index in [-0.39, 0.29) is 18.1 Å². The van der Waals surface area contributed by atoms with E-state index in [4.69, 9.17) is 4.42 Å². The van der Waals surface area contributed by atoms with E-state index in [1.807, 2.05) is 24.8 Å². The van der Waals surface area contributed by atoms with Gasteiger partial charge in [0, 0.05) is 12.7 Å². The summed E-state index contributed by atoms with van der Waals surface area (Å²) in [4.78, 5) is 18.6. The summed E-state index contributed by atoms with van der Waals surface area (Å²) in [5.41, 5.74) is 0.981. The van der Waals surface area contributed by atoms with Crippen molar-refractivity contribution in [1.82, 2.24) is 25.4 Å². The van der Waals surface area contributed by atoms with Crippen LogP contribution < -0.4 is 5.32 Å². The van der Waals surface area contributed by atoms with Gasteiger partial charge in [-0.25, -0.2) is 9.78 Å². The number of aromatic nitrogens is 3. The molecule has 2 amide bonds. The van der Waals surface area contributed by atoms with Crippen LogP contribution in [0.25, 0.3) is 0 Å². The average Bonchev–Trinajstić information content (AvgIpc) is 3.18. The SMILES string of the molecule is Cc1cnc(C(C)NC(=O)N2CCCCC2c2ccn[nH]2)o1. The number of likely N-dealkylation sites (tertiary alicyclic amines) is 1. The number of hydrogen-bond donors (Lipinski definition) is 2. The lowest BCUT2D eigenvalue weighted by Gasteiger charge is -2.35. The van der Waals surface area contributed by atoms with Gasteiger partial charge in [-0.05, 0) is 39.2 Å². The van der Waals surface area contributed by atoms with E-state index in [0.29, 0.717) is 5.89 Å². The van der Waals surface area contributed by atoms with Crippen molar-refractivity contribution in [2.45, 2.75) is 45.2 Å². The van der Waals surface area contributed by atoms with E-state index < -0.39 is 0 Å². The van der Waals surface area contributed by atoms with Gasteiger partial charge in [-0.3, -0.25) is 5.10 Å². The van der Waals surface area contributed by atoms with Gasteiger partial charge in [0.25, 0.3) is 0 Å². The number of carbonyl (C=O) groups excluding carboxylic acids is 1. The van der Waals surface area contributed by atoms with E-state index >= 15 is 0 Å². The molecule has 7 nitrogen and oxygen atoms in total. The minimum absolute atomic E-state index is 0.0507. The third-order valence-electron chi connectivity index (χ3n) is 3.99. The summed E-state index contributed by atoms with van der Waals surface area (Å²) in [6, 6.07) is 1.62. The molecule has 1 aliphatic heterocycles. The Bertz CT molecular complexity index is 622. The molecule has 1 aliphatic rings. The number of hydrogen-bond acceptors (Lipinski definition) is 4. The minimum atomic E-state index is -0.259. The van der Waals surface area contributed by atoms with Gasteiger partial charge >= 0.3 is 6.03 Å². The summed E-state index contributed by atoms with van der Waals surface area (Å²) in [6.45, 7) is 4.45. The zero-order valence-electron chi connectivity index (χ0n) is 12.9. The Kier molecular flexibility index (Phi) is 4.13. The second-order valence-electron chi connectivity index (χ2n) is 5.70. The Labute approximate surface area is 129 Å². The average molecular weight is 303 g/mol. The second kappa shape index (κ2) is 6.21. The summed E-state index contributed by atoms with van der Waals surface area (Å²) < 4.78 is 5.47. The molecule has 118 valence electrons. The van der Waals surface area contributed by atoms with Gasteiger partial charge in [0.15, 0.2) is 0 Å². The maximum Gasteiger partial charge on any atom is 0.318 e. The highest BCUT2D eigenvalue weighted by molar-refractivity contribution is 5.75. The van der Waals surface area contributed by atoms with Crippen molar-refractivity contribution in [1.29, 1.82) is 0 Å². The molecule has 0 aromatic carbocycles. The predicted octanol–water partition coefficient (Wildman–Crippen LogP) is 2.70. The summed E-state index contributed by atoms with van der Waals surface area (Å²) >= 11 is 0. The quantitative estimate of drug-likeness (QED) is 0.912. The number of H-pyrrole nitrogens is 1.